The van der Waals surface area contributed by atoms with Gasteiger partial charge in [0, 0.05) is 39.5 Å². The predicted octanol–water partition coefficient (Wildman–Crippen LogP) is 6.67. The number of ether oxygens (including phenoxy) is 2. The van der Waals surface area contributed by atoms with E-state index >= 15 is 0 Å². The SMILES string of the molecule is CCOP(=O)(CO[C@]1(CO)C[C@H]2O[C@]1(C)n1c3ccccc3c3c4c[nH]c(O)c4c4c5ccccc5n2c4c31)OCC. The van der Waals surface area contributed by atoms with Crippen molar-refractivity contribution < 1.29 is 33.3 Å². The van der Waals surface area contributed by atoms with Crippen molar-refractivity contribution in [1.29, 1.82) is 0 Å². The van der Waals surface area contributed by atoms with Crippen LogP contribution in [0.25, 0.3) is 54.4 Å². The van der Waals surface area contributed by atoms with Gasteiger partial charge in [0.1, 0.15) is 18.2 Å². The maximum absolute atomic E-state index is 13.5. The van der Waals surface area contributed by atoms with Crippen molar-refractivity contribution in [2.45, 2.75) is 44.7 Å². The molecule has 5 heterocycles. The lowest BCUT2D eigenvalue weighted by Gasteiger charge is -2.42. The van der Waals surface area contributed by atoms with Crippen LogP contribution >= 0.6 is 7.60 Å². The molecule has 0 radical (unpaired) electrons. The lowest BCUT2D eigenvalue weighted by atomic mass is 9.89. The Morgan fingerprint density at radius 3 is 2.33 bits per heavy atom. The van der Waals surface area contributed by atoms with E-state index in [0.717, 1.165) is 54.4 Å². The molecule has 10 nitrogen and oxygen atoms in total. The van der Waals surface area contributed by atoms with Crippen LogP contribution in [0, 0.1) is 0 Å². The van der Waals surface area contributed by atoms with Crippen molar-refractivity contribution in [1.82, 2.24) is 14.1 Å². The van der Waals surface area contributed by atoms with Gasteiger partial charge in [-0.15, -0.1) is 0 Å². The summed E-state index contributed by atoms with van der Waals surface area (Å²) in [4.78, 5) is 3.06. The number of benzene rings is 3. The molecule has 8 rings (SSSR count). The van der Waals surface area contributed by atoms with Gasteiger partial charge in [0.05, 0.1) is 47.3 Å². The van der Waals surface area contributed by atoms with Crippen LogP contribution in [0.15, 0.2) is 54.7 Å². The molecular formula is C31H32N3O7P. The summed E-state index contributed by atoms with van der Waals surface area (Å²) in [5, 5.41) is 27.8. The number of aromatic amines is 1. The van der Waals surface area contributed by atoms with E-state index in [1.165, 1.54) is 0 Å². The number of para-hydroxylation sites is 2. The van der Waals surface area contributed by atoms with E-state index in [1.54, 1.807) is 13.8 Å². The second-order valence-corrected chi connectivity index (χ2v) is 13.2. The molecule has 0 unspecified atom stereocenters. The Kier molecular flexibility index (Phi) is 5.52. The van der Waals surface area contributed by atoms with Crippen molar-refractivity contribution >= 4 is 62.0 Å². The van der Waals surface area contributed by atoms with E-state index in [2.05, 4.69) is 26.3 Å². The van der Waals surface area contributed by atoms with Crippen LogP contribution in [0.2, 0.25) is 0 Å². The molecule has 3 aromatic heterocycles. The molecule has 2 aliphatic rings. The Bertz CT molecular complexity index is 2100. The molecule has 11 heteroatoms. The summed E-state index contributed by atoms with van der Waals surface area (Å²) < 4.78 is 42.5. The topological polar surface area (TPSA) is 120 Å². The molecule has 42 heavy (non-hydrogen) atoms. The molecule has 218 valence electrons. The Labute approximate surface area is 240 Å². The largest absolute Gasteiger partial charge is 0.494 e. The minimum absolute atomic E-state index is 0.115. The van der Waals surface area contributed by atoms with Gasteiger partial charge in [-0.2, -0.15) is 0 Å². The molecule has 2 bridgehead atoms. The van der Waals surface area contributed by atoms with E-state index in [4.69, 9.17) is 18.5 Å². The van der Waals surface area contributed by atoms with Crippen molar-refractivity contribution in [2.75, 3.05) is 26.2 Å². The zero-order chi connectivity index (χ0) is 29.0. The lowest BCUT2D eigenvalue weighted by molar-refractivity contribution is -0.206. The summed E-state index contributed by atoms with van der Waals surface area (Å²) in [6, 6.07) is 16.2. The number of hydrogen-bond donors (Lipinski definition) is 3. The highest BCUT2D eigenvalue weighted by molar-refractivity contribution is 7.53. The molecule has 1 fully saturated rings. The Morgan fingerprint density at radius 2 is 1.64 bits per heavy atom. The highest BCUT2D eigenvalue weighted by Gasteiger charge is 2.63. The number of rotatable bonds is 8. The molecule has 0 amide bonds. The summed E-state index contributed by atoms with van der Waals surface area (Å²) >= 11 is 0. The van der Waals surface area contributed by atoms with Gasteiger partial charge in [-0.05, 0) is 32.9 Å². The summed E-state index contributed by atoms with van der Waals surface area (Å²) in [7, 11) is -3.60. The minimum atomic E-state index is -3.60. The third-order valence-electron chi connectivity index (χ3n) is 9.22. The molecular weight excluding hydrogens is 557 g/mol. The first-order valence-electron chi connectivity index (χ1n) is 14.3. The Balaban J connectivity index is 1.51. The Hall–Kier alpha value is -3.37. The van der Waals surface area contributed by atoms with Crippen LogP contribution in [-0.4, -0.2) is 56.1 Å². The van der Waals surface area contributed by atoms with Gasteiger partial charge in [0.15, 0.2) is 11.6 Å². The van der Waals surface area contributed by atoms with Crippen molar-refractivity contribution in [3.63, 3.8) is 0 Å². The maximum atomic E-state index is 13.5. The molecule has 0 aliphatic carbocycles. The minimum Gasteiger partial charge on any atom is -0.494 e. The quantitative estimate of drug-likeness (QED) is 0.170. The fraction of sp³-hybridized carbons (Fsp3) is 0.355. The van der Waals surface area contributed by atoms with Crippen LogP contribution in [-0.2, 0) is 28.8 Å². The number of aromatic nitrogens is 3. The van der Waals surface area contributed by atoms with E-state index in [1.807, 2.05) is 49.5 Å². The van der Waals surface area contributed by atoms with E-state index in [0.29, 0.717) is 0 Å². The molecule has 2 aliphatic heterocycles. The third kappa shape index (κ3) is 3.09. The van der Waals surface area contributed by atoms with Gasteiger partial charge in [-0.3, -0.25) is 4.57 Å². The smallest absolute Gasteiger partial charge is 0.356 e. The molecule has 1 saturated heterocycles. The summed E-state index contributed by atoms with van der Waals surface area (Å²) in [6.45, 7) is 5.45. The maximum Gasteiger partial charge on any atom is 0.356 e. The number of aromatic hydroxyl groups is 1. The van der Waals surface area contributed by atoms with Crippen LogP contribution in [0.3, 0.4) is 0 Å². The molecule has 3 atom stereocenters. The third-order valence-corrected chi connectivity index (χ3v) is 11.0. The second-order valence-electron chi connectivity index (χ2n) is 11.2. The zero-order valence-electron chi connectivity index (χ0n) is 23.6. The number of aliphatic hydroxyl groups is 1. The summed E-state index contributed by atoms with van der Waals surface area (Å²) in [5.41, 5.74) is 1.16. The van der Waals surface area contributed by atoms with E-state index < -0.39 is 31.8 Å². The van der Waals surface area contributed by atoms with Crippen LogP contribution in [0.1, 0.15) is 33.4 Å². The van der Waals surface area contributed by atoms with Gasteiger partial charge in [-0.1, -0.05) is 36.4 Å². The van der Waals surface area contributed by atoms with Crippen LogP contribution < -0.4 is 0 Å². The van der Waals surface area contributed by atoms with Gasteiger partial charge in [0.2, 0.25) is 0 Å². The monoisotopic (exact) mass is 589 g/mol. The average molecular weight is 590 g/mol. The van der Waals surface area contributed by atoms with E-state index in [9.17, 15) is 14.8 Å². The number of aliphatic hydroxyl groups excluding tert-OH is 1. The first-order chi connectivity index (χ1) is 20.3. The van der Waals surface area contributed by atoms with Gasteiger partial charge < -0.3 is 42.9 Å². The normalized spacial score (nSPS) is 23.9. The number of H-pyrrole nitrogens is 1. The van der Waals surface area contributed by atoms with Gasteiger partial charge >= 0.3 is 7.60 Å². The van der Waals surface area contributed by atoms with Crippen molar-refractivity contribution in [3.05, 3.63) is 54.7 Å². The number of fused-ring (bicyclic) bond motifs is 13. The number of hydrogen-bond acceptors (Lipinski definition) is 7. The van der Waals surface area contributed by atoms with Crippen LogP contribution in [0.4, 0.5) is 0 Å². The number of nitrogens with zero attached hydrogens (tertiary/aromatic N) is 2. The lowest BCUT2D eigenvalue weighted by Crippen LogP contribution is -2.55. The second kappa shape index (κ2) is 8.83. The summed E-state index contributed by atoms with van der Waals surface area (Å²) in [5.74, 6) is 0.115. The van der Waals surface area contributed by atoms with Crippen molar-refractivity contribution in [2.24, 2.45) is 0 Å². The van der Waals surface area contributed by atoms with Gasteiger partial charge in [0.25, 0.3) is 0 Å². The highest BCUT2D eigenvalue weighted by Crippen LogP contribution is 2.60. The van der Waals surface area contributed by atoms with Gasteiger partial charge in [-0.25, -0.2) is 0 Å². The first kappa shape index (κ1) is 26.3. The molecule has 0 spiro atoms. The molecule has 3 N–H and O–H groups in total. The molecule has 0 saturated carbocycles. The molecule has 3 aromatic carbocycles. The van der Waals surface area contributed by atoms with E-state index in [-0.39, 0.29) is 31.9 Å². The Morgan fingerprint density at radius 1 is 0.976 bits per heavy atom. The first-order valence-corrected chi connectivity index (χ1v) is 16.0. The zero-order valence-corrected chi connectivity index (χ0v) is 24.5. The van der Waals surface area contributed by atoms with Crippen molar-refractivity contribution in [3.8, 4) is 5.88 Å². The predicted molar refractivity (Wildman–Crippen MR) is 161 cm³/mol. The fourth-order valence-corrected chi connectivity index (χ4v) is 8.95. The average Bonchev–Trinajstić information content (AvgIpc) is 3.68. The van der Waals surface area contributed by atoms with Crippen LogP contribution in [0.5, 0.6) is 5.88 Å². The summed E-state index contributed by atoms with van der Waals surface area (Å²) in [6.07, 6.45) is 1.26. The highest BCUT2D eigenvalue weighted by atomic mass is 31.2. The fourth-order valence-electron chi connectivity index (χ4n) is 7.53. The number of nitrogens with one attached hydrogen (secondary N) is 1. The molecule has 6 aromatic rings. The standard InChI is InChI=1S/C31H32N3O7P/c1-4-39-42(37,40-5-2)17-38-31(16-35)14-23-33-21-12-8-6-10-18(21)25-26-20(15-32-29(26)36)24-19-11-7-9-13-22(19)34(28(24)27(25)33)30(31,3)41-23/h6-13,15,23,32,35-36H,4-5,14,16-17H2,1-3H3/t23-,30+,31+/m1/s1.